The molecule has 1 aromatic carbocycles. The molecule has 3 heterocycles. The van der Waals surface area contributed by atoms with Gasteiger partial charge in [0.1, 0.15) is 5.75 Å². The fraction of sp³-hybridized carbons (Fsp3) is 0.450. The Kier molecular flexibility index (Phi) is 4.04. The SMILES string of the molecule is CCN(CC)C(=O)C1C=C2c3cc(OC)cc4ccn(c34)CC2NC1. The van der Waals surface area contributed by atoms with E-state index in [0.29, 0.717) is 6.54 Å². The maximum absolute atomic E-state index is 12.8. The van der Waals surface area contributed by atoms with Crippen LogP contribution >= 0.6 is 0 Å². The number of carbonyl (C=O) groups excluding carboxylic acids is 1. The Balaban J connectivity index is 1.80. The highest BCUT2D eigenvalue weighted by Crippen LogP contribution is 2.38. The molecule has 0 aliphatic carbocycles. The smallest absolute Gasteiger partial charge is 0.230 e. The Hall–Kier alpha value is -2.27. The quantitative estimate of drug-likeness (QED) is 0.931. The summed E-state index contributed by atoms with van der Waals surface area (Å²) in [7, 11) is 1.70. The van der Waals surface area contributed by atoms with Crippen LogP contribution in [0.1, 0.15) is 19.4 Å². The summed E-state index contributed by atoms with van der Waals surface area (Å²) in [5, 5.41) is 4.77. The van der Waals surface area contributed by atoms with Crippen molar-refractivity contribution in [3.63, 3.8) is 0 Å². The average Bonchev–Trinajstić information content (AvgIpc) is 3.05. The molecular formula is C20H25N3O2. The first-order valence-corrected chi connectivity index (χ1v) is 9.07. The lowest BCUT2D eigenvalue weighted by atomic mass is 9.86. The molecule has 2 unspecified atom stereocenters. The third-order valence-electron chi connectivity index (χ3n) is 5.49. The summed E-state index contributed by atoms with van der Waals surface area (Å²) in [6.45, 7) is 7.18. The van der Waals surface area contributed by atoms with Gasteiger partial charge in [0.15, 0.2) is 0 Å². The summed E-state index contributed by atoms with van der Waals surface area (Å²) in [4.78, 5) is 14.7. The summed E-state index contributed by atoms with van der Waals surface area (Å²) in [6.07, 6.45) is 4.33. The minimum atomic E-state index is -0.103. The van der Waals surface area contributed by atoms with E-state index in [1.807, 2.05) is 18.7 Å². The molecule has 0 spiro atoms. The van der Waals surface area contributed by atoms with Gasteiger partial charge >= 0.3 is 0 Å². The summed E-state index contributed by atoms with van der Waals surface area (Å²) < 4.78 is 7.79. The van der Waals surface area contributed by atoms with Gasteiger partial charge in [-0.15, -0.1) is 0 Å². The van der Waals surface area contributed by atoms with Crippen LogP contribution in [-0.2, 0) is 11.3 Å². The lowest BCUT2D eigenvalue weighted by Gasteiger charge is -2.35. The lowest BCUT2D eigenvalue weighted by Crippen LogP contribution is -2.47. The van der Waals surface area contributed by atoms with Gasteiger partial charge in [0.05, 0.1) is 24.6 Å². The summed E-state index contributed by atoms with van der Waals surface area (Å²) in [6, 6.07) is 6.56. The molecule has 0 saturated carbocycles. The second-order valence-corrected chi connectivity index (χ2v) is 6.78. The van der Waals surface area contributed by atoms with Crippen molar-refractivity contribution in [3.05, 3.63) is 36.0 Å². The number of carbonyl (C=O) groups is 1. The summed E-state index contributed by atoms with van der Waals surface area (Å²) in [5.41, 5.74) is 3.65. The number of ether oxygens (including phenoxy) is 1. The van der Waals surface area contributed by atoms with Crippen LogP contribution in [0.4, 0.5) is 0 Å². The predicted molar refractivity (Wildman–Crippen MR) is 99.7 cm³/mol. The van der Waals surface area contributed by atoms with E-state index < -0.39 is 0 Å². The number of amides is 1. The van der Waals surface area contributed by atoms with Crippen LogP contribution < -0.4 is 10.1 Å². The third-order valence-corrected chi connectivity index (χ3v) is 5.49. The van der Waals surface area contributed by atoms with E-state index >= 15 is 0 Å². The van der Waals surface area contributed by atoms with E-state index in [2.05, 4.69) is 40.4 Å². The fourth-order valence-electron chi connectivity index (χ4n) is 4.15. The number of hydrogen-bond donors (Lipinski definition) is 1. The van der Waals surface area contributed by atoms with Crippen LogP contribution in [0.15, 0.2) is 30.5 Å². The van der Waals surface area contributed by atoms with Gasteiger partial charge in [0.25, 0.3) is 0 Å². The monoisotopic (exact) mass is 339 g/mol. The molecule has 2 aromatic rings. The van der Waals surface area contributed by atoms with Crippen LogP contribution in [-0.4, -0.2) is 48.2 Å². The highest BCUT2D eigenvalue weighted by atomic mass is 16.5. The molecule has 5 nitrogen and oxygen atoms in total. The maximum Gasteiger partial charge on any atom is 0.230 e. The maximum atomic E-state index is 12.8. The third kappa shape index (κ3) is 2.54. The van der Waals surface area contributed by atoms with Crippen LogP contribution in [0.25, 0.3) is 16.5 Å². The largest absolute Gasteiger partial charge is 0.497 e. The van der Waals surface area contributed by atoms with Gasteiger partial charge in [-0.25, -0.2) is 0 Å². The van der Waals surface area contributed by atoms with E-state index in [9.17, 15) is 4.79 Å². The first-order valence-electron chi connectivity index (χ1n) is 9.07. The number of nitrogens with zero attached hydrogens (tertiary/aromatic N) is 2. The van der Waals surface area contributed by atoms with Crippen molar-refractivity contribution in [1.29, 1.82) is 0 Å². The Morgan fingerprint density at radius 2 is 2.16 bits per heavy atom. The molecule has 0 bridgehead atoms. The molecule has 0 saturated heterocycles. The molecule has 4 rings (SSSR count). The first-order chi connectivity index (χ1) is 12.2. The van der Waals surface area contributed by atoms with Gasteiger partial charge in [-0.05, 0) is 37.6 Å². The zero-order valence-electron chi connectivity index (χ0n) is 15.1. The van der Waals surface area contributed by atoms with Crippen molar-refractivity contribution in [2.45, 2.75) is 26.4 Å². The number of aromatic nitrogens is 1. The summed E-state index contributed by atoms with van der Waals surface area (Å²) >= 11 is 0. The van der Waals surface area contributed by atoms with Gasteiger partial charge in [0.2, 0.25) is 5.91 Å². The normalized spacial score (nSPS) is 21.6. The number of hydrogen-bond acceptors (Lipinski definition) is 3. The number of fused-ring (bicyclic) bond motifs is 2. The Morgan fingerprint density at radius 1 is 1.36 bits per heavy atom. The van der Waals surface area contributed by atoms with Crippen LogP contribution in [0.2, 0.25) is 0 Å². The highest BCUT2D eigenvalue weighted by molar-refractivity contribution is 5.97. The number of benzene rings is 1. The van der Waals surface area contributed by atoms with E-state index in [1.54, 1.807) is 7.11 Å². The fourth-order valence-corrected chi connectivity index (χ4v) is 4.15. The zero-order valence-corrected chi connectivity index (χ0v) is 15.1. The molecule has 5 heteroatoms. The van der Waals surface area contributed by atoms with Crippen molar-refractivity contribution in [3.8, 4) is 5.75 Å². The lowest BCUT2D eigenvalue weighted by molar-refractivity contribution is -0.133. The Bertz CT molecular complexity index is 848. The molecule has 25 heavy (non-hydrogen) atoms. The van der Waals surface area contributed by atoms with Crippen molar-refractivity contribution in [2.24, 2.45) is 5.92 Å². The first kappa shape index (κ1) is 16.2. The predicted octanol–water partition coefficient (Wildman–Crippen LogP) is 2.50. The van der Waals surface area contributed by atoms with Crippen molar-refractivity contribution in [1.82, 2.24) is 14.8 Å². The van der Waals surface area contributed by atoms with Gasteiger partial charge in [-0.2, -0.15) is 0 Å². The number of rotatable bonds is 4. The molecule has 2 aliphatic heterocycles. The van der Waals surface area contributed by atoms with Gasteiger partial charge in [0, 0.05) is 43.3 Å². The van der Waals surface area contributed by atoms with Crippen LogP contribution in [0, 0.1) is 5.92 Å². The van der Waals surface area contributed by atoms with Crippen molar-refractivity contribution in [2.75, 3.05) is 26.7 Å². The van der Waals surface area contributed by atoms with E-state index in [0.717, 1.165) is 25.4 Å². The van der Waals surface area contributed by atoms with E-state index in [1.165, 1.54) is 22.0 Å². The average molecular weight is 339 g/mol. The molecular weight excluding hydrogens is 314 g/mol. The molecule has 1 amide bonds. The van der Waals surface area contributed by atoms with E-state index in [4.69, 9.17) is 4.74 Å². The Labute approximate surface area is 148 Å². The van der Waals surface area contributed by atoms with Gasteiger partial charge in [-0.3, -0.25) is 4.79 Å². The summed E-state index contributed by atoms with van der Waals surface area (Å²) in [5.74, 6) is 0.969. The topological polar surface area (TPSA) is 46.5 Å². The number of methoxy groups -OCH3 is 1. The minimum Gasteiger partial charge on any atom is -0.497 e. The van der Waals surface area contributed by atoms with Crippen LogP contribution in [0.3, 0.4) is 0 Å². The molecule has 0 radical (unpaired) electrons. The van der Waals surface area contributed by atoms with Crippen LogP contribution in [0.5, 0.6) is 5.75 Å². The molecule has 2 aliphatic rings. The standard InChI is InChI=1S/C20H25N3O2/c1-4-22(5-2)20(24)14-9-16-17-10-15(25-3)8-13-6-7-23(19(13)17)12-18(16)21-11-14/h6-10,14,18,21H,4-5,11-12H2,1-3H3. The second-order valence-electron chi connectivity index (χ2n) is 6.78. The minimum absolute atomic E-state index is 0.103. The van der Waals surface area contributed by atoms with E-state index in [-0.39, 0.29) is 17.9 Å². The van der Waals surface area contributed by atoms with Crippen molar-refractivity contribution < 1.29 is 9.53 Å². The second kappa shape index (κ2) is 6.23. The highest BCUT2D eigenvalue weighted by Gasteiger charge is 2.33. The molecule has 1 aromatic heterocycles. The number of nitrogens with one attached hydrogen (secondary N) is 1. The Morgan fingerprint density at radius 3 is 2.88 bits per heavy atom. The molecule has 132 valence electrons. The van der Waals surface area contributed by atoms with Crippen molar-refractivity contribution >= 4 is 22.4 Å². The van der Waals surface area contributed by atoms with Gasteiger partial charge in [-0.1, -0.05) is 6.08 Å². The zero-order chi connectivity index (χ0) is 17.6. The molecule has 1 N–H and O–H groups in total. The molecule has 0 fully saturated rings. The molecule has 2 atom stereocenters. The van der Waals surface area contributed by atoms with Gasteiger partial charge < -0.3 is 19.5 Å².